The van der Waals surface area contributed by atoms with Crippen molar-refractivity contribution in [2.75, 3.05) is 64.9 Å². The fourth-order valence-electron chi connectivity index (χ4n) is 4.69. The minimum atomic E-state index is -0.485. The molecule has 2 heterocycles. The van der Waals surface area contributed by atoms with Gasteiger partial charge in [0.1, 0.15) is 6.10 Å². The van der Waals surface area contributed by atoms with Gasteiger partial charge in [0.2, 0.25) is 0 Å². The molecule has 0 aromatic heterocycles. The second kappa shape index (κ2) is 16.2. The number of carbonyl (C=O) groups excluding carboxylic acids is 2. The maximum atomic E-state index is 13.4. The summed E-state index contributed by atoms with van der Waals surface area (Å²) < 4.78 is 17.0. The molecule has 1 saturated heterocycles. The van der Waals surface area contributed by atoms with Crippen molar-refractivity contribution >= 4 is 35.3 Å². The number of esters is 2. The lowest BCUT2D eigenvalue weighted by Gasteiger charge is -2.32. The van der Waals surface area contributed by atoms with Gasteiger partial charge in [0, 0.05) is 65.7 Å². The first-order valence-corrected chi connectivity index (χ1v) is 14.7. The minimum Gasteiger partial charge on any atom is -0.462 e. The SMILES string of the molecule is CC1=C(C(=O)OCCCSc2cccc(Cl)c2)C(C)C(C(=O)OC(CNCCO)CN2CCOCC2)=C(C)N1. The molecule has 1 fully saturated rings. The topological polar surface area (TPSA) is 109 Å². The van der Waals surface area contributed by atoms with Crippen LogP contribution in [-0.4, -0.2) is 93.0 Å². The zero-order chi connectivity index (χ0) is 28.2. The average Bonchev–Trinajstić information content (AvgIpc) is 2.89. The average molecular weight is 582 g/mol. The monoisotopic (exact) mass is 581 g/mol. The molecule has 0 saturated carbocycles. The van der Waals surface area contributed by atoms with Gasteiger partial charge in [-0.3, -0.25) is 4.90 Å². The molecular formula is C28H40ClN3O6S. The fraction of sp³-hybridized carbons (Fsp3) is 0.571. The first-order chi connectivity index (χ1) is 18.8. The Labute approximate surface area is 240 Å². The molecule has 11 heteroatoms. The van der Waals surface area contributed by atoms with Gasteiger partial charge in [-0.05, 0) is 38.5 Å². The number of dihydropyridines is 1. The molecule has 0 bridgehead atoms. The molecule has 1 aromatic carbocycles. The molecule has 0 radical (unpaired) electrons. The van der Waals surface area contributed by atoms with Gasteiger partial charge in [-0.2, -0.15) is 0 Å². The van der Waals surface area contributed by atoms with Crippen LogP contribution in [0.2, 0.25) is 5.02 Å². The third kappa shape index (κ3) is 9.81. The maximum Gasteiger partial charge on any atom is 0.336 e. The molecule has 0 spiro atoms. The van der Waals surface area contributed by atoms with Crippen LogP contribution in [0.5, 0.6) is 0 Å². The predicted molar refractivity (Wildman–Crippen MR) is 153 cm³/mol. The number of aliphatic hydroxyl groups is 1. The number of aliphatic hydroxyl groups excluding tert-OH is 1. The second-order valence-corrected chi connectivity index (χ2v) is 11.2. The Hall–Kier alpha value is -2.08. The van der Waals surface area contributed by atoms with Gasteiger partial charge in [-0.1, -0.05) is 24.6 Å². The molecule has 39 heavy (non-hydrogen) atoms. The molecule has 0 aliphatic carbocycles. The first kappa shape index (κ1) is 31.4. The highest BCUT2D eigenvalue weighted by Crippen LogP contribution is 2.31. The maximum absolute atomic E-state index is 13.4. The van der Waals surface area contributed by atoms with Crippen LogP contribution in [0, 0.1) is 5.92 Å². The molecular weight excluding hydrogens is 542 g/mol. The summed E-state index contributed by atoms with van der Waals surface area (Å²) in [6.45, 7) is 9.92. The van der Waals surface area contributed by atoms with Crippen molar-refractivity contribution in [3.63, 3.8) is 0 Å². The normalized spacial score (nSPS) is 19.1. The third-order valence-corrected chi connectivity index (χ3v) is 7.89. The van der Waals surface area contributed by atoms with Crippen LogP contribution in [-0.2, 0) is 23.8 Å². The van der Waals surface area contributed by atoms with Crippen molar-refractivity contribution in [2.45, 2.75) is 38.2 Å². The zero-order valence-corrected chi connectivity index (χ0v) is 24.5. The van der Waals surface area contributed by atoms with E-state index >= 15 is 0 Å². The molecule has 2 aliphatic rings. The van der Waals surface area contributed by atoms with E-state index in [0.717, 1.165) is 23.7 Å². The molecule has 2 unspecified atom stereocenters. The van der Waals surface area contributed by atoms with Crippen LogP contribution in [0.15, 0.2) is 51.7 Å². The van der Waals surface area contributed by atoms with Crippen molar-refractivity contribution in [2.24, 2.45) is 5.92 Å². The quantitative estimate of drug-likeness (QED) is 0.172. The fourth-order valence-corrected chi connectivity index (χ4v) is 5.83. The number of allylic oxidation sites excluding steroid dienone is 2. The summed E-state index contributed by atoms with van der Waals surface area (Å²) in [5, 5.41) is 16.1. The van der Waals surface area contributed by atoms with Gasteiger partial charge < -0.3 is 30.0 Å². The Balaban J connectivity index is 1.56. The number of halogens is 1. The largest absolute Gasteiger partial charge is 0.462 e. The molecule has 216 valence electrons. The molecule has 3 N–H and O–H groups in total. The smallest absolute Gasteiger partial charge is 0.336 e. The lowest BCUT2D eigenvalue weighted by Crippen LogP contribution is -2.46. The summed E-state index contributed by atoms with van der Waals surface area (Å²) in [6, 6.07) is 7.65. The summed E-state index contributed by atoms with van der Waals surface area (Å²) in [4.78, 5) is 29.7. The Morgan fingerprint density at radius 3 is 2.64 bits per heavy atom. The molecule has 2 atom stereocenters. The number of benzene rings is 1. The van der Waals surface area contributed by atoms with Crippen molar-refractivity contribution in [3.8, 4) is 0 Å². The van der Waals surface area contributed by atoms with Gasteiger partial charge in [0.05, 0.1) is 37.6 Å². The third-order valence-electron chi connectivity index (χ3n) is 6.58. The van der Waals surface area contributed by atoms with E-state index < -0.39 is 24.0 Å². The van der Waals surface area contributed by atoms with E-state index in [1.807, 2.05) is 45.0 Å². The van der Waals surface area contributed by atoms with E-state index in [0.29, 0.717) is 66.8 Å². The molecule has 2 aliphatic heterocycles. The van der Waals surface area contributed by atoms with Crippen molar-refractivity contribution in [1.29, 1.82) is 0 Å². The second-order valence-electron chi connectivity index (χ2n) is 9.59. The van der Waals surface area contributed by atoms with Crippen LogP contribution in [0.4, 0.5) is 0 Å². The van der Waals surface area contributed by atoms with E-state index in [9.17, 15) is 9.59 Å². The number of nitrogens with one attached hydrogen (secondary N) is 2. The van der Waals surface area contributed by atoms with Gasteiger partial charge in [0.15, 0.2) is 0 Å². The number of hydrogen-bond donors (Lipinski definition) is 3. The van der Waals surface area contributed by atoms with Crippen LogP contribution in [0.25, 0.3) is 0 Å². The Bertz CT molecular complexity index is 1040. The lowest BCUT2D eigenvalue weighted by atomic mass is 9.87. The number of hydrogen-bond acceptors (Lipinski definition) is 10. The molecule has 9 nitrogen and oxygen atoms in total. The van der Waals surface area contributed by atoms with Gasteiger partial charge in [-0.25, -0.2) is 9.59 Å². The van der Waals surface area contributed by atoms with Crippen molar-refractivity contribution in [3.05, 3.63) is 51.8 Å². The number of thioether (sulfide) groups is 1. The Morgan fingerprint density at radius 1 is 1.23 bits per heavy atom. The van der Waals surface area contributed by atoms with E-state index in [-0.39, 0.29) is 13.2 Å². The van der Waals surface area contributed by atoms with Crippen LogP contribution in [0.3, 0.4) is 0 Å². The summed E-state index contributed by atoms with van der Waals surface area (Å²) in [6.07, 6.45) is 0.263. The molecule has 3 rings (SSSR count). The summed E-state index contributed by atoms with van der Waals surface area (Å²) >= 11 is 7.69. The van der Waals surface area contributed by atoms with E-state index in [4.69, 9.17) is 30.9 Å². The highest BCUT2D eigenvalue weighted by Gasteiger charge is 2.35. The van der Waals surface area contributed by atoms with Crippen molar-refractivity contribution in [1.82, 2.24) is 15.5 Å². The highest BCUT2D eigenvalue weighted by molar-refractivity contribution is 7.99. The highest BCUT2D eigenvalue weighted by atomic mass is 35.5. The summed E-state index contributed by atoms with van der Waals surface area (Å²) in [5.41, 5.74) is 2.17. The number of ether oxygens (including phenoxy) is 3. The van der Waals surface area contributed by atoms with Crippen LogP contribution >= 0.6 is 23.4 Å². The Morgan fingerprint density at radius 2 is 1.95 bits per heavy atom. The van der Waals surface area contributed by atoms with Crippen molar-refractivity contribution < 1.29 is 28.9 Å². The van der Waals surface area contributed by atoms with Gasteiger partial charge in [-0.15, -0.1) is 11.8 Å². The van der Waals surface area contributed by atoms with E-state index in [1.54, 1.807) is 11.8 Å². The van der Waals surface area contributed by atoms with Gasteiger partial charge in [0.25, 0.3) is 0 Å². The first-order valence-electron chi connectivity index (χ1n) is 13.4. The van der Waals surface area contributed by atoms with Crippen LogP contribution < -0.4 is 10.6 Å². The van der Waals surface area contributed by atoms with E-state index in [1.165, 1.54) is 0 Å². The number of morpholine rings is 1. The zero-order valence-electron chi connectivity index (χ0n) is 23.0. The number of carbonyl (C=O) groups is 2. The van der Waals surface area contributed by atoms with Gasteiger partial charge >= 0.3 is 11.9 Å². The minimum absolute atomic E-state index is 0.00171. The van der Waals surface area contributed by atoms with E-state index in [2.05, 4.69) is 15.5 Å². The summed E-state index contributed by atoms with van der Waals surface area (Å²) in [7, 11) is 0. The van der Waals surface area contributed by atoms with Crippen LogP contribution in [0.1, 0.15) is 27.2 Å². The lowest BCUT2D eigenvalue weighted by molar-refractivity contribution is -0.146. The predicted octanol–water partition coefficient (Wildman–Crippen LogP) is 2.98. The molecule has 1 aromatic rings. The standard InChI is InChI=1S/C28H40ClN3O6S/c1-19-25(27(34)37-12-5-15-39-24-7-4-6-22(29)16-24)20(2)31-21(3)26(19)28(35)38-23(17-30-8-11-33)18-32-9-13-36-14-10-32/h4,6-7,16,19,23,30-31,33H,5,8-15,17-18H2,1-3H3. The number of rotatable bonds is 14. The number of nitrogens with zero attached hydrogens (tertiary/aromatic N) is 1. The Kier molecular flexibility index (Phi) is 13.1. The molecule has 0 amide bonds. The summed E-state index contributed by atoms with van der Waals surface area (Å²) in [5.74, 6) is -0.605.